The Morgan fingerprint density at radius 2 is 2.00 bits per heavy atom. The summed E-state index contributed by atoms with van der Waals surface area (Å²) in [6.45, 7) is 7.65. The number of carbonyl (C=O) groups is 2. The number of benzene rings is 1. The number of esters is 1. The van der Waals surface area contributed by atoms with Gasteiger partial charge in [-0.1, -0.05) is 54.6 Å². The molecule has 1 aromatic carbocycles. The Hall–Kier alpha value is -3.12. The summed E-state index contributed by atoms with van der Waals surface area (Å²) in [6.07, 6.45) is 13.7. The zero-order valence-electron chi connectivity index (χ0n) is 19.0. The Morgan fingerprint density at radius 1 is 1.25 bits per heavy atom. The van der Waals surface area contributed by atoms with Crippen molar-refractivity contribution in [3.63, 3.8) is 0 Å². The predicted octanol–water partition coefficient (Wildman–Crippen LogP) is 5.83. The molecule has 0 amide bonds. The first-order chi connectivity index (χ1) is 15.5. The predicted molar refractivity (Wildman–Crippen MR) is 129 cm³/mol. The van der Waals surface area contributed by atoms with E-state index in [0.717, 1.165) is 24.0 Å². The molecule has 0 aliphatic carbocycles. The van der Waals surface area contributed by atoms with Gasteiger partial charge in [-0.3, -0.25) is 4.79 Å². The van der Waals surface area contributed by atoms with Crippen molar-refractivity contribution in [1.29, 1.82) is 0 Å². The molecule has 32 heavy (non-hydrogen) atoms. The number of hydrogen-bond donors (Lipinski definition) is 1. The minimum Gasteiger partial charge on any atom is -0.462 e. The maximum atomic E-state index is 12.5. The fourth-order valence-electron chi connectivity index (χ4n) is 3.05. The second-order valence-electron chi connectivity index (χ2n) is 7.46. The summed E-state index contributed by atoms with van der Waals surface area (Å²) in [5, 5.41) is 11.8. The number of unbranched alkanes of at least 4 members (excludes halogenated alkanes) is 1. The Kier molecular flexibility index (Phi) is 13.2. The van der Waals surface area contributed by atoms with Crippen LogP contribution in [0.25, 0.3) is 5.57 Å². The minimum absolute atomic E-state index is 0.183. The second-order valence-corrected chi connectivity index (χ2v) is 7.46. The molecule has 0 fully saturated rings. The van der Waals surface area contributed by atoms with Crippen LogP contribution < -0.4 is 0 Å². The van der Waals surface area contributed by atoms with Crippen LogP contribution >= 0.6 is 0 Å². The quantitative estimate of drug-likeness (QED) is 0.122. The molecule has 172 valence electrons. The van der Waals surface area contributed by atoms with Crippen molar-refractivity contribution in [3.8, 4) is 0 Å². The van der Waals surface area contributed by atoms with Crippen LogP contribution in [0.2, 0.25) is 0 Å². The van der Waals surface area contributed by atoms with Crippen LogP contribution in [0.4, 0.5) is 0 Å². The van der Waals surface area contributed by atoms with Crippen molar-refractivity contribution >= 4 is 17.8 Å². The van der Waals surface area contributed by atoms with E-state index in [1.807, 2.05) is 38.2 Å². The molecule has 0 heterocycles. The lowest BCUT2D eigenvalue weighted by Gasteiger charge is -2.10. The fraction of sp³-hybridized carbons (Fsp3) is 0.385. The Balaban J connectivity index is 2.90. The largest absolute Gasteiger partial charge is 0.462 e. The number of carbonyl (C=O) groups excluding carboxylic acids is 2. The van der Waals surface area contributed by atoms with Crippen LogP contribution in [0.3, 0.4) is 0 Å². The average molecular weight is 440 g/mol. The molecule has 0 radical (unpaired) electrons. The van der Waals surface area contributed by atoms with Crippen molar-refractivity contribution < 1.29 is 19.4 Å². The van der Waals surface area contributed by atoms with Gasteiger partial charge in [0.2, 0.25) is 0 Å². The van der Waals surface area contributed by atoms with Gasteiger partial charge in [0, 0.05) is 5.56 Å². The van der Waals surface area contributed by atoms with E-state index in [1.54, 1.807) is 18.2 Å². The first kappa shape index (κ1) is 26.9. The molecule has 0 spiro atoms. The molecule has 1 rings (SSSR count). The number of rotatable bonds is 15. The monoisotopic (exact) mass is 439 g/mol. The molecular weight excluding hydrogens is 406 g/mol. The summed E-state index contributed by atoms with van der Waals surface area (Å²) in [6, 6.07) is 4.38. The number of nitroso groups, excluding NO2 is 1. The van der Waals surface area contributed by atoms with Gasteiger partial charge < -0.3 is 9.84 Å². The number of nitrogens with zero attached hydrogens (tertiary/aromatic N) is 1. The van der Waals surface area contributed by atoms with Crippen molar-refractivity contribution in [2.24, 2.45) is 5.18 Å². The lowest BCUT2D eigenvalue weighted by atomic mass is 9.98. The molecule has 1 atom stereocenters. The molecule has 1 unspecified atom stereocenters. The molecule has 6 nitrogen and oxygen atoms in total. The van der Waals surface area contributed by atoms with E-state index >= 15 is 0 Å². The Labute approximate surface area is 190 Å². The van der Waals surface area contributed by atoms with Crippen LogP contribution in [0.5, 0.6) is 0 Å². The zero-order valence-corrected chi connectivity index (χ0v) is 19.0. The lowest BCUT2D eigenvalue weighted by Crippen LogP contribution is -2.11. The Morgan fingerprint density at radius 3 is 2.62 bits per heavy atom. The number of aliphatic hydroxyl groups excluding tert-OH is 1. The van der Waals surface area contributed by atoms with Gasteiger partial charge in [-0.15, -0.1) is 0 Å². The number of ether oxygens (including phenoxy) is 1. The standard InChI is InChI=1S/C26H33NO5/c1-4-9-20(3)11-8-12-22(10-5-2)23-15-21(18-28)16-24(17-23)26(30)32-14-7-6-13-25(19-29)27-31/h4,8-10,12,15-18,25,29H,1,5-7,11,13-14,19H2,2-3H3/b12-8-,20-9+,22-10+. The lowest BCUT2D eigenvalue weighted by molar-refractivity contribution is 0.0496. The summed E-state index contributed by atoms with van der Waals surface area (Å²) >= 11 is 0. The number of hydrogen-bond acceptors (Lipinski definition) is 6. The van der Waals surface area contributed by atoms with Crippen LogP contribution in [0.15, 0.2) is 65.9 Å². The number of allylic oxidation sites excluding steroid dienone is 7. The normalized spacial score (nSPS) is 13.1. The first-order valence-corrected chi connectivity index (χ1v) is 10.8. The van der Waals surface area contributed by atoms with E-state index < -0.39 is 12.0 Å². The highest BCUT2D eigenvalue weighted by atomic mass is 16.5. The molecule has 0 aliphatic rings. The molecule has 1 aromatic rings. The van der Waals surface area contributed by atoms with Crippen molar-refractivity contribution in [2.75, 3.05) is 13.2 Å². The van der Waals surface area contributed by atoms with Crippen molar-refractivity contribution in [2.45, 2.75) is 52.0 Å². The van der Waals surface area contributed by atoms with Crippen LogP contribution in [0, 0.1) is 4.91 Å². The van der Waals surface area contributed by atoms with Gasteiger partial charge in [0.15, 0.2) is 0 Å². The summed E-state index contributed by atoms with van der Waals surface area (Å²) in [5.41, 5.74) is 3.58. The van der Waals surface area contributed by atoms with E-state index in [9.17, 15) is 14.5 Å². The van der Waals surface area contributed by atoms with Crippen molar-refractivity contribution in [1.82, 2.24) is 0 Å². The third-order valence-corrected chi connectivity index (χ3v) is 4.75. The van der Waals surface area contributed by atoms with Crippen LogP contribution in [0.1, 0.15) is 72.2 Å². The minimum atomic E-state index is -0.620. The highest BCUT2D eigenvalue weighted by molar-refractivity contribution is 5.94. The topological polar surface area (TPSA) is 93.0 Å². The molecule has 0 aliphatic heterocycles. The summed E-state index contributed by atoms with van der Waals surface area (Å²) in [5.74, 6) is -0.508. The van der Waals surface area contributed by atoms with Gasteiger partial charge in [-0.2, -0.15) is 4.91 Å². The van der Waals surface area contributed by atoms with Crippen molar-refractivity contribution in [3.05, 3.63) is 82.3 Å². The van der Waals surface area contributed by atoms with Crippen LogP contribution in [-0.2, 0) is 4.74 Å². The maximum absolute atomic E-state index is 12.5. The molecule has 0 saturated heterocycles. The van der Waals surface area contributed by atoms with Gasteiger partial charge in [-0.05, 0) is 68.4 Å². The molecule has 6 heteroatoms. The maximum Gasteiger partial charge on any atom is 0.338 e. The highest BCUT2D eigenvalue weighted by Gasteiger charge is 2.12. The van der Waals surface area contributed by atoms with Crippen LogP contribution in [-0.4, -0.2) is 36.6 Å². The van der Waals surface area contributed by atoms with Gasteiger partial charge in [0.1, 0.15) is 12.3 Å². The summed E-state index contributed by atoms with van der Waals surface area (Å²) < 4.78 is 5.33. The van der Waals surface area contributed by atoms with Gasteiger partial charge in [-0.25, -0.2) is 4.79 Å². The van der Waals surface area contributed by atoms with Gasteiger partial charge in [0.05, 0.1) is 18.8 Å². The number of aldehydes is 1. The highest BCUT2D eigenvalue weighted by Crippen LogP contribution is 2.22. The third-order valence-electron chi connectivity index (χ3n) is 4.75. The SMILES string of the molecule is C=C/C=C(\C)C/C=C\C(=C/CC)c1cc(C=O)cc(C(=O)OCCCCC(CO)N=O)c1. The van der Waals surface area contributed by atoms with Gasteiger partial charge >= 0.3 is 5.97 Å². The van der Waals surface area contributed by atoms with E-state index in [4.69, 9.17) is 9.84 Å². The number of aliphatic hydroxyl groups is 1. The molecular formula is C26H33NO5. The first-order valence-electron chi connectivity index (χ1n) is 10.8. The fourth-order valence-corrected chi connectivity index (χ4v) is 3.05. The molecule has 0 saturated carbocycles. The van der Waals surface area contributed by atoms with E-state index in [0.29, 0.717) is 36.7 Å². The smallest absolute Gasteiger partial charge is 0.338 e. The summed E-state index contributed by atoms with van der Waals surface area (Å²) in [4.78, 5) is 34.5. The summed E-state index contributed by atoms with van der Waals surface area (Å²) in [7, 11) is 0. The van der Waals surface area contributed by atoms with E-state index in [-0.39, 0.29) is 13.2 Å². The average Bonchev–Trinajstić information content (AvgIpc) is 2.80. The van der Waals surface area contributed by atoms with E-state index in [2.05, 4.69) is 11.8 Å². The molecule has 0 aromatic heterocycles. The molecule has 1 N–H and O–H groups in total. The zero-order chi connectivity index (χ0) is 23.8. The van der Waals surface area contributed by atoms with E-state index in [1.165, 1.54) is 11.6 Å². The Bertz CT molecular complexity index is 867. The third kappa shape index (κ3) is 9.79. The molecule has 0 bridgehead atoms. The second kappa shape index (κ2) is 15.6. The van der Waals surface area contributed by atoms with Gasteiger partial charge in [0.25, 0.3) is 0 Å².